The number of hydrogen-bond donors (Lipinski definition) is 2. The van der Waals surface area contributed by atoms with Crippen LogP contribution < -0.4 is 11.1 Å². The molecule has 0 saturated heterocycles. The molecule has 24 heavy (non-hydrogen) atoms. The van der Waals surface area contributed by atoms with Gasteiger partial charge in [0.05, 0.1) is 0 Å². The predicted molar refractivity (Wildman–Crippen MR) is 88.1 cm³/mol. The van der Waals surface area contributed by atoms with E-state index in [0.717, 1.165) is 12.3 Å². The third-order valence-electron chi connectivity index (χ3n) is 5.13. The summed E-state index contributed by atoms with van der Waals surface area (Å²) in [5.74, 6) is 0.664. The van der Waals surface area contributed by atoms with E-state index in [-0.39, 0.29) is 12.6 Å². The smallest absolute Gasteiger partial charge is 0.306 e. The highest BCUT2D eigenvalue weighted by Crippen LogP contribution is 2.49. The van der Waals surface area contributed by atoms with Crippen LogP contribution >= 0.6 is 0 Å². The third-order valence-corrected chi connectivity index (χ3v) is 5.13. The Morgan fingerprint density at radius 1 is 1.12 bits per heavy atom. The highest BCUT2D eigenvalue weighted by Gasteiger charge is 2.40. The summed E-state index contributed by atoms with van der Waals surface area (Å²) in [7, 11) is 0. The van der Waals surface area contributed by atoms with Crippen molar-refractivity contribution in [3.63, 3.8) is 0 Å². The highest BCUT2D eigenvalue weighted by molar-refractivity contribution is 5.95. The zero-order chi connectivity index (χ0) is 17.1. The van der Waals surface area contributed by atoms with Crippen molar-refractivity contribution in [2.24, 2.45) is 23.5 Å². The lowest BCUT2D eigenvalue weighted by Gasteiger charge is -2.20. The first-order valence-electron chi connectivity index (χ1n) is 8.36. The molecule has 0 unspecified atom stereocenters. The first-order chi connectivity index (χ1) is 11.5. The van der Waals surface area contributed by atoms with Gasteiger partial charge in [-0.05, 0) is 61.3 Å². The van der Waals surface area contributed by atoms with Gasteiger partial charge in [0.2, 0.25) is 5.91 Å². The van der Waals surface area contributed by atoms with Crippen molar-refractivity contribution in [1.29, 1.82) is 0 Å². The SMILES string of the molecule is NC(=O)c1ccc(NC(=O)COC(=O)C[C@@H]2C[C@H]3CC[C@H]2C3)cc1. The number of carbonyl (C=O) groups is 3. The topological polar surface area (TPSA) is 98.5 Å². The van der Waals surface area contributed by atoms with Gasteiger partial charge in [0.25, 0.3) is 5.91 Å². The fourth-order valence-corrected chi connectivity index (χ4v) is 3.96. The predicted octanol–water partition coefficient (Wildman–Crippen LogP) is 2.09. The van der Waals surface area contributed by atoms with Gasteiger partial charge in [-0.1, -0.05) is 6.42 Å². The van der Waals surface area contributed by atoms with Gasteiger partial charge in [-0.15, -0.1) is 0 Å². The Labute approximate surface area is 140 Å². The molecule has 6 nitrogen and oxygen atoms in total. The molecule has 3 rings (SSSR count). The number of amides is 2. The standard InChI is InChI=1S/C18H22N2O4/c19-18(23)12-3-5-15(6-4-12)20-16(21)10-24-17(22)9-14-8-11-1-2-13(14)7-11/h3-6,11,13-14H,1-2,7-10H2,(H2,19,23)(H,20,21)/t11-,13-,14-/m0/s1. The Hall–Kier alpha value is -2.37. The quantitative estimate of drug-likeness (QED) is 0.780. The summed E-state index contributed by atoms with van der Waals surface area (Å²) < 4.78 is 5.08. The molecule has 6 heteroatoms. The second-order valence-electron chi connectivity index (χ2n) is 6.79. The third kappa shape index (κ3) is 3.93. The van der Waals surface area contributed by atoms with Crippen molar-refractivity contribution in [2.45, 2.75) is 32.1 Å². The first-order valence-corrected chi connectivity index (χ1v) is 8.36. The van der Waals surface area contributed by atoms with Gasteiger partial charge in [-0.2, -0.15) is 0 Å². The molecule has 1 aromatic carbocycles. The second kappa shape index (κ2) is 7.03. The van der Waals surface area contributed by atoms with Gasteiger partial charge in [0, 0.05) is 17.7 Å². The average Bonchev–Trinajstić information content (AvgIpc) is 3.16. The molecule has 0 aromatic heterocycles. The number of rotatable bonds is 6. The molecule has 2 amide bonds. The minimum atomic E-state index is -0.526. The number of fused-ring (bicyclic) bond motifs is 2. The summed E-state index contributed by atoms with van der Waals surface area (Å²) in [4.78, 5) is 34.7. The van der Waals surface area contributed by atoms with Crippen LogP contribution in [0.2, 0.25) is 0 Å². The van der Waals surface area contributed by atoms with Gasteiger partial charge in [0.1, 0.15) is 0 Å². The van der Waals surface area contributed by atoms with E-state index >= 15 is 0 Å². The summed E-state index contributed by atoms with van der Waals surface area (Å²) in [5, 5.41) is 2.62. The fraction of sp³-hybridized carbons (Fsp3) is 0.500. The summed E-state index contributed by atoms with van der Waals surface area (Å²) in [5.41, 5.74) is 6.04. The van der Waals surface area contributed by atoms with Crippen LogP contribution in [0, 0.1) is 17.8 Å². The van der Waals surface area contributed by atoms with Crippen molar-refractivity contribution in [3.8, 4) is 0 Å². The molecule has 3 atom stereocenters. The maximum Gasteiger partial charge on any atom is 0.306 e. The van der Waals surface area contributed by atoms with Crippen LogP contribution in [0.15, 0.2) is 24.3 Å². The van der Waals surface area contributed by atoms with E-state index in [1.54, 1.807) is 12.1 Å². The summed E-state index contributed by atoms with van der Waals surface area (Å²) in [6, 6.07) is 6.21. The number of primary amides is 1. The molecule has 0 radical (unpaired) electrons. The van der Waals surface area contributed by atoms with Crippen molar-refractivity contribution in [3.05, 3.63) is 29.8 Å². The number of carbonyl (C=O) groups excluding carboxylic acids is 3. The number of anilines is 1. The van der Waals surface area contributed by atoms with Crippen LogP contribution in [0.5, 0.6) is 0 Å². The molecule has 0 aliphatic heterocycles. The number of nitrogens with two attached hydrogens (primary N) is 1. The minimum Gasteiger partial charge on any atom is -0.456 e. The summed E-state index contributed by atoms with van der Waals surface area (Å²) in [6.45, 7) is -0.294. The van der Waals surface area contributed by atoms with Crippen LogP contribution in [0.3, 0.4) is 0 Å². The van der Waals surface area contributed by atoms with Crippen molar-refractivity contribution >= 4 is 23.5 Å². The Morgan fingerprint density at radius 3 is 2.46 bits per heavy atom. The van der Waals surface area contributed by atoms with Crippen LogP contribution in [0.4, 0.5) is 5.69 Å². The number of benzene rings is 1. The zero-order valence-corrected chi connectivity index (χ0v) is 13.5. The van der Waals surface area contributed by atoms with Crippen molar-refractivity contribution in [2.75, 3.05) is 11.9 Å². The van der Waals surface area contributed by atoms with Crippen molar-refractivity contribution < 1.29 is 19.1 Å². The zero-order valence-electron chi connectivity index (χ0n) is 13.5. The lowest BCUT2D eigenvalue weighted by atomic mass is 9.86. The molecule has 2 aliphatic rings. The van der Waals surface area contributed by atoms with E-state index in [9.17, 15) is 14.4 Å². The van der Waals surface area contributed by atoms with E-state index < -0.39 is 11.8 Å². The average molecular weight is 330 g/mol. The van der Waals surface area contributed by atoms with Crippen LogP contribution in [-0.4, -0.2) is 24.4 Å². The van der Waals surface area contributed by atoms with Crippen molar-refractivity contribution in [1.82, 2.24) is 0 Å². The first kappa shape index (κ1) is 16.5. The molecule has 0 spiro atoms. The maximum atomic E-state index is 11.9. The molecule has 2 aliphatic carbocycles. The number of esters is 1. The van der Waals surface area contributed by atoms with Crippen LogP contribution in [-0.2, 0) is 14.3 Å². The van der Waals surface area contributed by atoms with E-state index in [1.807, 2.05) is 0 Å². The fourth-order valence-electron chi connectivity index (χ4n) is 3.96. The minimum absolute atomic E-state index is 0.294. The lowest BCUT2D eigenvalue weighted by molar-refractivity contribution is -0.148. The number of nitrogens with one attached hydrogen (secondary N) is 1. The van der Waals surface area contributed by atoms with E-state index in [4.69, 9.17) is 10.5 Å². The molecule has 2 bridgehead atoms. The van der Waals surface area contributed by atoms with Crippen LogP contribution in [0.1, 0.15) is 42.5 Å². The van der Waals surface area contributed by atoms with Gasteiger partial charge >= 0.3 is 5.97 Å². The molecular formula is C18H22N2O4. The van der Waals surface area contributed by atoms with E-state index in [2.05, 4.69) is 5.32 Å². The molecule has 3 N–H and O–H groups in total. The van der Waals surface area contributed by atoms with E-state index in [1.165, 1.54) is 31.4 Å². The maximum absolute atomic E-state index is 11.9. The molecule has 128 valence electrons. The van der Waals surface area contributed by atoms with Gasteiger partial charge in [0.15, 0.2) is 6.61 Å². The molecular weight excluding hydrogens is 308 g/mol. The van der Waals surface area contributed by atoms with Crippen LogP contribution in [0.25, 0.3) is 0 Å². The Morgan fingerprint density at radius 2 is 1.88 bits per heavy atom. The molecule has 0 heterocycles. The lowest BCUT2D eigenvalue weighted by Crippen LogP contribution is -2.23. The Kier molecular flexibility index (Phi) is 4.83. The number of hydrogen-bond acceptors (Lipinski definition) is 4. The van der Waals surface area contributed by atoms with Gasteiger partial charge in [-0.3, -0.25) is 14.4 Å². The summed E-state index contributed by atoms with van der Waals surface area (Å²) in [6.07, 6.45) is 5.32. The Balaban J connectivity index is 1.40. The Bertz CT molecular complexity index is 641. The molecule has 1 aromatic rings. The van der Waals surface area contributed by atoms with Gasteiger partial charge in [-0.25, -0.2) is 0 Å². The monoisotopic (exact) mass is 330 g/mol. The number of ether oxygens (including phenoxy) is 1. The highest BCUT2D eigenvalue weighted by atomic mass is 16.5. The van der Waals surface area contributed by atoms with E-state index in [0.29, 0.717) is 29.5 Å². The molecule has 2 saturated carbocycles. The normalized spacial score (nSPS) is 24.6. The molecule has 2 fully saturated rings. The summed E-state index contributed by atoms with van der Waals surface area (Å²) >= 11 is 0. The van der Waals surface area contributed by atoms with Gasteiger partial charge < -0.3 is 15.8 Å². The largest absolute Gasteiger partial charge is 0.456 e. The second-order valence-corrected chi connectivity index (χ2v) is 6.79.